The van der Waals surface area contributed by atoms with Crippen LogP contribution < -0.4 is 5.32 Å². The van der Waals surface area contributed by atoms with E-state index in [0.29, 0.717) is 0 Å². The molecular formula is C12H20N4O. The summed E-state index contributed by atoms with van der Waals surface area (Å²) in [6.07, 6.45) is 4.29. The third kappa shape index (κ3) is 4.01. The van der Waals surface area contributed by atoms with E-state index in [1.54, 1.807) is 12.4 Å². The van der Waals surface area contributed by atoms with Gasteiger partial charge in [-0.1, -0.05) is 12.5 Å². The largest absolute Gasteiger partial charge is 0.343 e. The van der Waals surface area contributed by atoms with Crippen LogP contribution >= 0.6 is 0 Å². The summed E-state index contributed by atoms with van der Waals surface area (Å²) in [5.41, 5.74) is 0.977. The Labute approximate surface area is 102 Å². The lowest BCUT2D eigenvalue weighted by Crippen LogP contribution is -2.27. The molecule has 0 radical (unpaired) electrons. The van der Waals surface area contributed by atoms with Crippen LogP contribution in [0.2, 0.25) is 0 Å². The van der Waals surface area contributed by atoms with Gasteiger partial charge < -0.3 is 9.88 Å². The molecule has 0 bridgehead atoms. The van der Waals surface area contributed by atoms with Crippen LogP contribution in [0.5, 0.6) is 0 Å². The number of allylic oxidation sites excluding steroid dienone is 1. The second-order valence-corrected chi connectivity index (χ2v) is 4.33. The van der Waals surface area contributed by atoms with E-state index in [1.165, 1.54) is 0 Å². The van der Waals surface area contributed by atoms with Crippen molar-refractivity contribution in [3.8, 4) is 0 Å². The summed E-state index contributed by atoms with van der Waals surface area (Å²) in [4.78, 5) is 11.6. The first-order chi connectivity index (χ1) is 8.04. The third-order valence-corrected chi connectivity index (χ3v) is 2.28. The van der Waals surface area contributed by atoms with Crippen molar-refractivity contribution in [2.75, 3.05) is 0 Å². The molecule has 1 amide bonds. The molecule has 94 valence electrons. The number of nitrogens with zero attached hydrogens (tertiary/aromatic N) is 3. The number of carbonyl (C=O) groups is 1. The fourth-order valence-corrected chi connectivity index (χ4v) is 1.59. The molecule has 0 saturated heterocycles. The van der Waals surface area contributed by atoms with Crippen molar-refractivity contribution < 1.29 is 4.79 Å². The SMILES string of the molecule is CCCn1cnnc1[C@@H](C)NC(=O)C=C(C)C. The molecule has 0 aliphatic heterocycles. The first-order valence-electron chi connectivity index (χ1n) is 5.87. The predicted molar refractivity (Wildman–Crippen MR) is 66.3 cm³/mol. The molecule has 1 aromatic rings. The molecule has 1 atom stereocenters. The van der Waals surface area contributed by atoms with Crippen LogP contribution in [-0.2, 0) is 11.3 Å². The Kier molecular flexibility index (Phi) is 4.87. The highest BCUT2D eigenvalue weighted by Crippen LogP contribution is 2.09. The first kappa shape index (κ1) is 13.4. The van der Waals surface area contributed by atoms with Crippen LogP contribution in [0.4, 0.5) is 0 Å². The van der Waals surface area contributed by atoms with E-state index in [9.17, 15) is 4.79 Å². The smallest absolute Gasteiger partial charge is 0.244 e. The molecule has 1 heterocycles. The summed E-state index contributed by atoms with van der Waals surface area (Å²) >= 11 is 0. The van der Waals surface area contributed by atoms with Gasteiger partial charge in [-0.05, 0) is 27.2 Å². The van der Waals surface area contributed by atoms with Crippen LogP contribution in [0.25, 0.3) is 0 Å². The summed E-state index contributed by atoms with van der Waals surface area (Å²) in [6.45, 7) is 8.65. The first-order valence-corrected chi connectivity index (χ1v) is 5.87. The van der Waals surface area contributed by atoms with Gasteiger partial charge in [0.05, 0.1) is 6.04 Å². The summed E-state index contributed by atoms with van der Waals surface area (Å²) < 4.78 is 1.97. The number of aryl methyl sites for hydroxylation is 1. The summed E-state index contributed by atoms with van der Waals surface area (Å²) in [5.74, 6) is 0.700. The van der Waals surface area contributed by atoms with E-state index in [-0.39, 0.29) is 11.9 Å². The fraction of sp³-hybridized carbons (Fsp3) is 0.583. The zero-order valence-electron chi connectivity index (χ0n) is 10.9. The third-order valence-electron chi connectivity index (χ3n) is 2.28. The van der Waals surface area contributed by atoms with Crippen LogP contribution in [0.15, 0.2) is 18.0 Å². The van der Waals surface area contributed by atoms with Crippen molar-refractivity contribution in [2.24, 2.45) is 0 Å². The van der Waals surface area contributed by atoms with Gasteiger partial charge in [-0.25, -0.2) is 0 Å². The number of hydrogen-bond donors (Lipinski definition) is 1. The van der Waals surface area contributed by atoms with Gasteiger partial charge >= 0.3 is 0 Å². The molecule has 0 aromatic carbocycles. The minimum Gasteiger partial charge on any atom is -0.343 e. The lowest BCUT2D eigenvalue weighted by atomic mass is 10.2. The van der Waals surface area contributed by atoms with Crippen LogP contribution in [0.3, 0.4) is 0 Å². The van der Waals surface area contributed by atoms with E-state index in [4.69, 9.17) is 0 Å². The molecule has 0 unspecified atom stereocenters. The zero-order valence-corrected chi connectivity index (χ0v) is 10.9. The second kappa shape index (κ2) is 6.18. The van der Waals surface area contributed by atoms with Crippen molar-refractivity contribution in [1.29, 1.82) is 0 Å². The maximum Gasteiger partial charge on any atom is 0.244 e. The molecule has 0 aliphatic carbocycles. The molecule has 5 nitrogen and oxygen atoms in total. The lowest BCUT2D eigenvalue weighted by molar-refractivity contribution is -0.117. The van der Waals surface area contributed by atoms with Gasteiger partial charge in [0.1, 0.15) is 6.33 Å². The Balaban J connectivity index is 2.69. The van der Waals surface area contributed by atoms with E-state index < -0.39 is 0 Å². The minimum atomic E-state index is -0.132. The van der Waals surface area contributed by atoms with Crippen molar-refractivity contribution >= 4 is 5.91 Å². The molecule has 17 heavy (non-hydrogen) atoms. The fourth-order valence-electron chi connectivity index (χ4n) is 1.59. The van der Waals surface area contributed by atoms with E-state index in [2.05, 4.69) is 22.4 Å². The van der Waals surface area contributed by atoms with E-state index in [0.717, 1.165) is 24.4 Å². The van der Waals surface area contributed by atoms with Gasteiger partial charge in [0.2, 0.25) is 5.91 Å². The number of carbonyl (C=O) groups excluding carboxylic acids is 1. The molecule has 0 spiro atoms. The highest BCUT2D eigenvalue weighted by atomic mass is 16.1. The zero-order chi connectivity index (χ0) is 12.8. The summed E-state index contributed by atoms with van der Waals surface area (Å²) in [6, 6.07) is -0.132. The van der Waals surface area contributed by atoms with Gasteiger partial charge in [0, 0.05) is 12.6 Å². The van der Waals surface area contributed by atoms with Gasteiger partial charge in [0.15, 0.2) is 5.82 Å². The predicted octanol–water partition coefficient (Wildman–Crippen LogP) is 1.83. The average Bonchev–Trinajstić information content (AvgIpc) is 2.64. The Morgan fingerprint density at radius 1 is 1.59 bits per heavy atom. The molecule has 1 N–H and O–H groups in total. The maximum atomic E-state index is 11.6. The number of amides is 1. The molecular weight excluding hydrogens is 216 g/mol. The Bertz CT molecular complexity index is 404. The second-order valence-electron chi connectivity index (χ2n) is 4.33. The Morgan fingerprint density at radius 2 is 2.29 bits per heavy atom. The molecule has 0 saturated carbocycles. The monoisotopic (exact) mass is 236 g/mol. The van der Waals surface area contributed by atoms with Crippen LogP contribution in [-0.4, -0.2) is 20.7 Å². The number of rotatable bonds is 5. The maximum absolute atomic E-state index is 11.6. The quantitative estimate of drug-likeness (QED) is 0.793. The topological polar surface area (TPSA) is 59.8 Å². The summed E-state index contributed by atoms with van der Waals surface area (Å²) in [7, 11) is 0. The average molecular weight is 236 g/mol. The molecule has 1 rings (SSSR count). The van der Waals surface area contributed by atoms with E-state index >= 15 is 0 Å². The van der Waals surface area contributed by atoms with Crippen LogP contribution in [0.1, 0.15) is 46.0 Å². The number of aromatic nitrogens is 3. The highest BCUT2D eigenvalue weighted by molar-refractivity contribution is 5.88. The van der Waals surface area contributed by atoms with Gasteiger partial charge in [-0.15, -0.1) is 10.2 Å². The van der Waals surface area contributed by atoms with Gasteiger partial charge in [-0.2, -0.15) is 0 Å². The standard InChI is InChI=1S/C12H20N4O/c1-5-6-16-8-13-15-12(16)10(4)14-11(17)7-9(2)3/h7-8,10H,5-6H2,1-4H3,(H,14,17)/t10-/m1/s1. The normalized spacial score (nSPS) is 12.0. The Morgan fingerprint density at radius 3 is 2.88 bits per heavy atom. The molecule has 5 heteroatoms. The Hall–Kier alpha value is -1.65. The van der Waals surface area contributed by atoms with Gasteiger partial charge in [0.25, 0.3) is 0 Å². The van der Waals surface area contributed by atoms with Crippen LogP contribution in [0, 0.1) is 0 Å². The molecule has 1 aromatic heterocycles. The number of nitrogens with one attached hydrogen (secondary N) is 1. The molecule has 0 aliphatic rings. The van der Waals surface area contributed by atoms with E-state index in [1.807, 2.05) is 25.3 Å². The lowest BCUT2D eigenvalue weighted by Gasteiger charge is -2.13. The molecule has 0 fully saturated rings. The number of hydrogen-bond acceptors (Lipinski definition) is 3. The van der Waals surface area contributed by atoms with Crippen molar-refractivity contribution in [3.63, 3.8) is 0 Å². The van der Waals surface area contributed by atoms with Crippen molar-refractivity contribution in [3.05, 3.63) is 23.8 Å². The van der Waals surface area contributed by atoms with Crippen molar-refractivity contribution in [2.45, 2.75) is 46.7 Å². The summed E-state index contributed by atoms with van der Waals surface area (Å²) in [5, 5.41) is 10.8. The highest BCUT2D eigenvalue weighted by Gasteiger charge is 2.14. The van der Waals surface area contributed by atoms with Crippen molar-refractivity contribution in [1.82, 2.24) is 20.1 Å². The van der Waals surface area contributed by atoms with Gasteiger partial charge in [-0.3, -0.25) is 4.79 Å². The minimum absolute atomic E-state index is 0.0939.